The van der Waals surface area contributed by atoms with Crippen LogP contribution in [0, 0.1) is 0 Å². The van der Waals surface area contributed by atoms with Crippen LogP contribution < -0.4 is 0 Å². The third kappa shape index (κ3) is 5.40. The van der Waals surface area contributed by atoms with Crippen molar-refractivity contribution in [3.8, 4) is 0 Å². The van der Waals surface area contributed by atoms with Crippen molar-refractivity contribution in [3.63, 3.8) is 0 Å². The molecule has 30 valence electrons. The normalized spacial score (nSPS) is 9.60. The zero-order valence-corrected chi connectivity index (χ0v) is 6.55. The van der Waals surface area contributed by atoms with Gasteiger partial charge in [0.15, 0.2) is 0 Å². The Morgan fingerprint density at radius 3 is 1.80 bits per heavy atom. The average Bonchev–Trinajstić information content (AvgIpc) is 1.38. The maximum atomic E-state index is 5.24. The Morgan fingerprint density at radius 1 is 1.60 bits per heavy atom. The minimum atomic E-state index is -0.149. The van der Waals surface area contributed by atoms with Gasteiger partial charge in [-0.05, 0) is 0 Å². The first-order valence-electron chi connectivity index (χ1n) is 1.16. The molecule has 5 heavy (non-hydrogen) atoms. The van der Waals surface area contributed by atoms with Crippen LogP contribution >= 0.6 is 23.2 Å². The molecule has 0 nitrogen and oxygen atoms in total. The molecule has 0 aromatic carbocycles. The van der Waals surface area contributed by atoms with Crippen molar-refractivity contribution in [2.45, 2.75) is 9.20 Å². The monoisotopic (exact) mass is 218 g/mol. The zero-order chi connectivity index (χ0) is 4.28. The topological polar surface area (TPSA) is 0 Å². The quantitative estimate of drug-likeness (QED) is 0.462. The SMILES string of the molecule is ClC(Cl)[CH2][Sb]. The molecule has 0 aliphatic carbocycles. The minimum absolute atomic E-state index is 0.149. The number of halogens is 2. The number of rotatable bonds is 1. The average molecular weight is 220 g/mol. The fourth-order valence-electron chi connectivity index (χ4n) is 0. The van der Waals surface area contributed by atoms with E-state index in [0.29, 0.717) is 0 Å². The summed E-state index contributed by atoms with van der Waals surface area (Å²) >= 11 is 12.1. The van der Waals surface area contributed by atoms with E-state index in [9.17, 15) is 0 Å². The van der Waals surface area contributed by atoms with Gasteiger partial charge in [0, 0.05) is 0 Å². The van der Waals surface area contributed by atoms with Crippen LogP contribution in [0.1, 0.15) is 0 Å². The Kier molecular flexibility index (Phi) is 4.59. The molecule has 0 bridgehead atoms. The van der Waals surface area contributed by atoms with E-state index in [1.165, 1.54) is 0 Å². The molecule has 0 heterocycles. The third-order valence-corrected chi connectivity index (χ3v) is 2.78. The predicted octanol–water partition coefficient (Wildman–Crippen LogP) is 1.38. The van der Waals surface area contributed by atoms with Crippen LogP contribution in [-0.2, 0) is 0 Å². The summed E-state index contributed by atoms with van der Waals surface area (Å²) in [6.07, 6.45) is 0. The van der Waals surface area contributed by atoms with Gasteiger partial charge in [0.1, 0.15) is 0 Å². The van der Waals surface area contributed by atoms with Gasteiger partial charge < -0.3 is 0 Å². The summed E-state index contributed by atoms with van der Waals surface area (Å²) in [5.74, 6) is 0. The number of hydrogen-bond acceptors (Lipinski definition) is 0. The molecule has 2 radical (unpaired) electrons. The van der Waals surface area contributed by atoms with Crippen LogP contribution in [0.4, 0.5) is 0 Å². The Hall–Kier alpha value is 1.40. The van der Waals surface area contributed by atoms with E-state index in [2.05, 4.69) is 0 Å². The second kappa shape index (κ2) is 3.58. The molecule has 0 amide bonds. The van der Waals surface area contributed by atoms with E-state index in [-0.39, 0.29) is 4.84 Å². The summed E-state index contributed by atoms with van der Waals surface area (Å²) < 4.78 is 0.886. The van der Waals surface area contributed by atoms with E-state index in [1.54, 1.807) is 23.0 Å². The summed E-state index contributed by atoms with van der Waals surface area (Å²) in [7, 11) is 0. The van der Waals surface area contributed by atoms with Crippen molar-refractivity contribution in [1.29, 1.82) is 0 Å². The molecular weight excluding hydrogens is 217 g/mol. The van der Waals surface area contributed by atoms with Gasteiger partial charge in [0.05, 0.1) is 0 Å². The van der Waals surface area contributed by atoms with Crippen molar-refractivity contribution in [1.82, 2.24) is 0 Å². The molecule has 0 atom stereocenters. The van der Waals surface area contributed by atoms with E-state index >= 15 is 0 Å². The zero-order valence-electron chi connectivity index (χ0n) is 2.49. The van der Waals surface area contributed by atoms with E-state index < -0.39 is 0 Å². The van der Waals surface area contributed by atoms with Gasteiger partial charge in [-0.1, -0.05) is 0 Å². The summed E-state index contributed by atoms with van der Waals surface area (Å²) in [5, 5.41) is 0. The van der Waals surface area contributed by atoms with E-state index in [4.69, 9.17) is 23.2 Å². The molecule has 0 aromatic heterocycles. The Labute approximate surface area is 55.3 Å². The molecule has 0 saturated heterocycles. The van der Waals surface area contributed by atoms with E-state index in [1.807, 2.05) is 0 Å². The van der Waals surface area contributed by atoms with E-state index in [0.717, 1.165) is 4.37 Å². The van der Waals surface area contributed by atoms with Gasteiger partial charge in [-0.2, -0.15) is 0 Å². The van der Waals surface area contributed by atoms with Crippen LogP contribution in [0.5, 0.6) is 0 Å². The van der Waals surface area contributed by atoms with Gasteiger partial charge in [0.25, 0.3) is 0 Å². The third-order valence-electron chi connectivity index (χ3n) is 0.138. The second-order valence-corrected chi connectivity index (χ2v) is 2.89. The van der Waals surface area contributed by atoms with Crippen molar-refractivity contribution < 1.29 is 0 Å². The maximum absolute atomic E-state index is 5.24. The van der Waals surface area contributed by atoms with Crippen molar-refractivity contribution in [2.24, 2.45) is 0 Å². The molecule has 0 fully saturated rings. The summed E-state index contributed by atoms with van der Waals surface area (Å²) in [5.41, 5.74) is 0. The van der Waals surface area contributed by atoms with Crippen LogP contribution in [0.25, 0.3) is 0 Å². The van der Waals surface area contributed by atoms with Gasteiger partial charge in [-0.15, -0.1) is 0 Å². The molecule has 3 heteroatoms. The Morgan fingerprint density at radius 2 is 1.80 bits per heavy atom. The van der Waals surface area contributed by atoms with Crippen molar-refractivity contribution >= 4 is 46.2 Å². The fourth-order valence-corrected chi connectivity index (χ4v) is 0. The predicted molar refractivity (Wildman–Crippen MR) is 26.1 cm³/mol. The van der Waals surface area contributed by atoms with Crippen molar-refractivity contribution in [2.75, 3.05) is 0 Å². The molecule has 0 spiro atoms. The molecular formula is C2H3Cl2Sb. The van der Waals surface area contributed by atoms with Crippen molar-refractivity contribution in [3.05, 3.63) is 0 Å². The molecule has 0 unspecified atom stereocenters. The first-order chi connectivity index (χ1) is 2.27. The first-order valence-corrected chi connectivity index (χ1v) is 3.84. The summed E-state index contributed by atoms with van der Waals surface area (Å²) in [6, 6.07) is 0. The second-order valence-electron chi connectivity index (χ2n) is 0.574. The van der Waals surface area contributed by atoms with Crippen LogP contribution in [0.15, 0.2) is 0 Å². The Balaban J connectivity index is 2.54. The molecule has 0 aliphatic rings. The molecule has 0 aromatic rings. The van der Waals surface area contributed by atoms with Crippen LogP contribution in [0.2, 0.25) is 4.37 Å². The van der Waals surface area contributed by atoms with Crippen LogP contribution in [0.3, 0.4) is 0 Å². The number of alkyl halides is 2. The fraction of sp³-hybridized carbons (Fsp3) is 1.00. The Bertz CT molecular complexity index is 21.6. The van der Waals surface area contributed by atoms with Gasteiger partial charge >= 0.3 is 55.4 Å². The summed E-state index contributed by atoms with van der Waals surface area (Å²) in [4.78, 5) is -0.149. The first kappa shape index (κ1) is 6.40. The summed E-state index contributed by atoms with van der Waals surface area (Å²) in [6.45, 7) is 0. The van der Waals surface area contributed by atoms with Crippen LogP contribution in [-0.4, -0.2) is 27.9 Å². The van der Waals surface area contributed by atoms with Gasteiger partial charge in [-0.3, -0.25) is 0 Å². The standard InChI is InChI=1S/C2H3Cl2.Sb/c1-2(3)4;/h2H,1H2;. The number of hydrogen-bond donors (Lipinski definition) is 0. The van der Waals surface area contributed by atoms with Gasteiger partial charge in [0.2, 0.25) is 0 Å². The molecule has 0 rings (SSSR count). The molecule has 0 saturated carbocycles. The molecule has 0 N–H and O–H groups in total. The molecule has 0 aliphatic heterocycles. The van der Waals surface area contributed by atoms with Gasteiger partial charge in [-0.25, -0.2) is 0 Å².